The van der Waals surface area contributed by atoms with E-state index in [9.17, 15) is 4.79 Å². The highest BCUT2D eigenvalue weighted by Crippen LogP contribution is 2.20. The Balaban J connectivity index is 2.03. The van der Waals surface area contributed by atoms with Crippen molar-refractivity contribution in [3.05, 3.63) is 59.9 Å². The zero-order chi connectivity index (χ0) is 17.5. The molecule has 0 fully saturated rings. The molecule has 1 atom stereocenters. The minimum absolute atomic E-state index is 0.0890. The maximum Gasteiger partial charge on any atom is 0.317 e. The van der Waals surface area contributed by atoms with Crippen LogP contribution in [-0.2, 0) is 6.54 Å². The van der Waals surface area contributed by atoms with Crippen molar-refractivity contribution in [3.8, 4) is 0 Å². The van der Waals surface area contributed by atoms with Gasteiger partial charge in [-0.25, -0.2) is 4.79 Å². The molecule has 24 heavy (non-hydrogen) atoms. The Morgan fingerprint density at radius 1 is 1.25 bits per heavy atom. The molecular formula is C19H25N3OS. The van der Waals surface area contributed by atoms with Gasteiger partial charge >= 0.3 is 6.03 Å². The van der Waals surface area contributed by atoms with Gasteiger partial charge in [0.25, 0.3) is 0 Å². The molecule has 1 aromatic heterocycles. The van der Waals surface area contributed by atoms with E-state index in [1.165, 1.54) is 4.90 Å². The molecule has 128 valence electrons. The third-order valence-corrected chi connectivity index (χ3v) is 4.58. The zero-order valence-corrected chi connectivity index (χ0v) is 15.5. The van der Waals surface area contributed by atoms with Crippen molar-refractivity contribution < 1.29 is 4.79 Å². The van der Waals surface area contributed by atoms with Crippen LogP contribution in [0.4, 0.5) is 4.79 Å². The highest BCUT2D eigenvalue weighted by atomic mass is 32.2. The number of urea groups is 1. The molecule has 0 bridgehead atoms. The molecular weight excluding hydrogens is 318 g/mol. The van der Waals surface area contributed by atoms with Crippen LogP contribution in [0.25, 0.3) is 0 Å². The van der Waals surface area contributed by atoms with Crippen molar-refractivity contribution in [1.29, 1.82) is 0 Å². The highest BCUT2D eigenvalue weighted by Gasteiger charge is 2.21. The summed E-state index contributed by atoms with van der Waals surface area (Å²) in [5.74, 6) is 0.261. The van der Waals surface area contributed by atoms with Crippen LogP contribution < -0.4 is 5.32 Å². The molecule has 0 saturated heterocycles. The van der Waals surface area contributed by atoms with E-state index in [1.807, 2.05) is 37.4 Å². The van der Waals surface area contributed by atoms with Gasteiger partial charge < -0.3 is 10.2 Å². The third kappa shape index (κ3) is 4.99. The van der Waals surface area contributed by atoms with Crippen molar-refractivity contribution >= 4 is 17.8 Å². The first-order valence-corrected chi connectivity index (χ1v) is 9.29. The van der Waals surface area contributed by atoms with E-state index < -0.39 is 0 Å². The Hall–Kier alpha value is -2.01. The van der Waals surface area contributed by atoms with Gasteiger partial charge in [-0.05, 0) is 42.0 Å². The minimum Gasteiger partial charge on any atom is -0.329 e. The Labute approximate surface area is 148 Å². The topological polar surface area (TPSA) is 45.2 Å². The lowest BCUT2D eigenvalue weighted by molar-refractivity contribution is 0.198. The molecule has 2 aromatic rings. The van der Waals surface area contributed by atoms with Gasteiger partial charge in [-0.3, -0.25) is 4.98 Å². The van der Waals surface area contributed by atoms with Crippen LogP contribution in [0.15, 0.2) is 53.6 Å². The largest absolute Gasteiger partial charge is 0.329 e. The number of benzene rings is 1. The van der Waals surface area contributed by atoms with Gasteiger partial charge in [0.05, 0.1) is 11.7 Å². The number of hydrogen-bond donors (Lipinski definition) is 1. The van der Waals surface area contributed by atoms with E-state index in [-0.39, 0.29) is 18.0 Å². The van der Waals surface area contributed by atoms with Gasteiger partial charge in [-0.15, -0.1) is 11.8 Å². The first-order chi connectivity index (χ1) is 11.5. The average Bonchev–Trinajstić information content (AvgIpc) is 2.60. The monoisotopic (exact) mass is 343 g/mol. The maximum atomic E-state index is 12.6. The summed E-state index contributed by atoms with van der Waals surface area (Å²) < 4.78 is 0. The predicted octanol–water partition coefficient (Wildman–Crippen LogP) is 4.34. The molecule has 1 aromatic carbocycles. The number of pyridine rings is 1. The summed E-state index contributed by atoms with van der Waals surface area (Å²) in [5, 5.41) is 3.10. The van der Waals surface area contributed by atoms with Gasteiger partial charge in [-0.2, -0.15) is 0 Å². The van der Waals surface area contributed by atoms with Crippen molar-refractivity contribution in [3.63, 3.8) is 0 Å². The molecule has 0 spiro atoms. The quantitative estimate of drug-likeness (QED) is 0.794. The number of nitrogens with zero attached hydrogens (tertiary/aromatic N) is 2. The fourth-order valence-corrected chi connectivity index (χ4v) is 2.99. The van der Waals surface area contributed by atoms with Crippen molar-refractivity contribution in [2.75, 3.05) is 13.3 Å². The fourth-order valence-electron chi connectivity index (χ4n) is 2.50. The number of carbonyl (C=O) groups is 1. The average molecular weight is 343 g/mol. The van der Waals surface area contributed by atoms with Crippen LogP contribution >= 0.6 is 11.8 Å². The molecule has 0 radical (unpaired) electrons. The van der Waals surface area contributed by atoms with Gasteiger partial charge in [0.1, 0.15) is 0 Å². The maximum absolute atomic E-state index is 12.6. The molecule has 1 unspecified atom stereocenters. The molecule has 0 aliphatic heterocycles. The van der Waals surface area contributed by atoms with Crippen LogP contribution in [0.1, 0.15) is 31.1 Å². The lowest BCUT2D eigenvalue weighted by Gasteiger charge is -2.26. The normalized spacial score (nSPS) is 12.0. The van der Waals surface area contributed by atoms with Crippen LogP contribution in [0.5, 0.6) is 0 Å². The number of nitrogens with one attached hydrogen (secondary N) is 1. The standard InChI is InChI=1S/C19H25N3OS/c1-14(2)18(17-10-5-6-11-20-17)21-19(23)22(3)13-15-8-7-9-16(12-15)24-4/h5-12,14,18H,13H2,1-4H3,(H,21,23). The molecule has 1 heterocycles. The number of hydrogen-bond acceptors (Lipinski definition) is 3. The summed E-state index contributed by atoms with van der Waals surface area (Å²) in [6, 6.07) is 13.9. The van der Waals surface area contributed by atoms with Gasteiger partial charge in [-0.1, -0.05) is 32.0 Å². The number of amides is 2. The van der Waals surface area contributed by atoms with Gasteiger partial charge in [0.15, 0.2) is 0 Å². The van der Waals surface area contributed by atoms with Crippen LogP contribution in [-0.4, -0.2) is 29.2 Å². The SMILES string of the molecule is CSc1cccc(CN(C)C(=O)NC(c2ccccn2)C(C)C)c1. The Morgan fingerprint density at radius 3 is 2.67 bits per heavy atom. The van der Waals surface area contributed by atoms with E-state index in [0.29, 0.717) is 6.54 Å². The Morgan fingerprint density at radius 2 is 2.04 bits per heavy atom. The molecule has 2 amide bonds. The van der Waals surface area contributed by atoms with Crippen molar-refractivity contribution in [2.24, 2.45) is 5.92 Å². The van der Waals surface area contributed by atoms with E-state index in [2.05, 4.69) is 42.5 Å². The molecule has 4 nitrogen and oxygen atoms in total. The summed E-state index contributed by atoms with van der Waals surface area (Å²) in [5.41, 5.74) is 2.01. The van der Waals surface area contributed by atoms with Crippen LogP contribution in [0, 0.1) is 5.92 Å². The second-order valence-electron chi connectivity index (χ2n) is 6.13. The minimum atomic E-state index is -0.0984. The lowest BCUT2D eigenvalue weighted by Crippen LogP contribution is -2.40. The zero-order valence-electron chi connectivity index (χ0n) is 14.7. The summed E-state index contributed by atoms with van der Waals surface area (Å²) >= 11 is 1.70. The van der Waals surface area contributed by atoms with E-state index in [0.717, 1.165) is 11.3 Å². The second-order valence-corrected chi connectivity index (χ2v) is 7.01. The number of rotatable bonds is 6. The molecule has 0 saturated carbocycles. The Bertz CT molecular complexity index is 661. The van der Waals surface area contributed by atoms with E-state index in [4.69, 9.17) is 0 Å². The van der Waals surface area contributed by atoms with Gasteiger partial charge in [0.2, 0.25) is 0 Å². The predicted molar refractivity (Wildman–Crippen MR) is 100 cm³/mol. The highest BCUT2D eigenvalue weighted by molar-refractivity contribution is 7.98. The number of carbonyl (C=O) groups excluding carboxylic acids is 1. The first-order valence-electron chi connectivity index (χ1n) is 8.06. The van der Waals surface area contributed by atoms with Crippen LogP contribution in [0.3, 0.4) is 0 Å². The molecule has 2 rings (SSSR count). The van der Waals surface area contributed by atoms with Crippen molar-refractivity contribution in [2.45, 2.75) is 31.3 Å². The van der Waals surface area contributed by atoms with E-state index >= 15 is 0 Å². The summed E-state index contributed by atoms with van der Waals surface area (Å²) in [4.78, 5) is 19.9. The number of thioether (sulfide) groups is 1. The van der Waals surface area contributed by atoms with Crippen molar-refractivity contribution in [1.82, 2.24) is 15.2 Å². The molecule has 0 aliphatic rings. The smallest absolute Gasteiger partial charge is 0.317 e. The molecule has 1 N–H and O–H groups in total. The van der Waals surface area contributed by atoms with Gasteiger partial charge in [0, 0.05) is 24.7 Å². The van der Waals surface area contributed by atoms with E-state index in [1.54, 1.807) is 22.9 Å². The second kappa shape index (κ2) is 8.73. The third-order valence-electron chi connectivity index (χ3n) is 3.85. The summed E-state index contributed by atoms with van der Waals surface area (Å²) in [7, 11) is 1.82. The first kappa shape index (κ1) is 18.3. The lowest BCUT2D eigenvalue weighted by atomic mass is 10.0. The fraction of sp³-hybridized carbons (Fsp3) is 0.368. The summed E-state index contributed by atoms with van der Waals surface area (Å²) in [6.45, 7) is 4.75. The summed E-state index contributed by atoms with van der Waals surface area (Å²) in [6.07, 6.45) is 3.81. The Kier molecular flexibility index (Phi) is 6.67. The van der Waals surface area contributed by atoms with Crippen LogP contribution in [0.2, 0.25) is 0 Å². The number of aromatic nitrogens is 1. The molecule has 0 aliphatic carbocycles. The molecule has 5 heteroatoms.